The molecular formula is C75H87N2+. The Morgan fingerprint density at radius 1 is 0.390 bits per heavy atom. The van der Waals surface area contributed by atoms with Crippen LogP contribution >= 0.6 is 0 Å². The van der Waals surface area contributed by atoms with Crippen LogP contribution in [0.15, 0.2) is 133 Å². The van der Waals surface area contributed by atoms with Crippen molar-refractivity contribution in [2.45, 2.75) is 184 Å². The van der Waals surface area contributed by atoms with E-state index in [1.807, 2.05) is 0 Å². The van der Waals surface area contributed by atoms with E-state index in [1.165, 1.54) is 133 Å². The molecular weight excluding hydrogens is 929 g/mol. The van der Waals surface area contributed by atoms with Crippen LogP contribution in [-0.4, -0.2) is 10.9 Å². The van der Waals surface area contributed by atoms with Gasteiger partial charge in [0.15, 0.2) is 12.1 Å². The van der Waals surface area contributed by atoms with Gasteiger partial charge in [-0.05, 0) is 143 Å². The summed E-state index contributed by atoms with van der Waals surface area (Å²) < 4.78 is 2.81. The highest BCUT2D eigenvalue weighted by Gasteiger charge is 2.53. The van der Waals surface area contributed by atoms with Gasteiger partial charge in [-0.15, -0.1) is 0 Å². The van der Waals surface area contributed by atoms with E-state index in [0.29, 0.717) is 0 Å². The Bertz CT molecular complexity index is 3270. The standard InChI is InChI=1S/C75H87N2/c1-15-52-33-53(16-2)38-61(37-52)48(11)67-29-46(9)30-68(49(12)62-39-54(17-3)34-55(18-4)40-62)72(67)76-45-77(75-66-28-24-26-60-25-23-27-65(71(60)66)74(75)76)73-69(50(13)63-41-56(19-5)35-57(20-6)42-63)31-47(10)32-70(73)51(14)64-43-58(21-7)36-59(22-8)44-64/h23-45,48-51,74-75H,15-22H2,1-14H3/q+1/t48-,49-,50-,51-,74?,75?/m1/s1. The van der Waals surface area contributed by atoms with Crippen LogP contribution in [0.5, 0.6) is 0 Å². The van der Waals surface area contributed by atoms with Crippen LogP contribution in [0.4, 0.5) is 11.4 Å². The Morgan fingerprint density at radius 3 is 1.04 bits per heavy atom. The summed E-state index contributed by atoms with van der Waals surface area (Å²) in [4.78, 5) is 2.81. The number of hydrogen-bond acceptors (Lipinski definition) is 1. The molecule has 2 heteroatoms. The molecule has 0 aromatic heterocycles. The van der Waals surface area contributed by atoms with E-state index >= 15 is 0 Å². The van der Waals surface area contributed by atoms with Crippen LogP contribution in [0.3, 0.4) is 0 Å². The molecule has 0 amide bonds. The highest BCUT2D eigenvalue weighted by Crippen LogP contribution is 2.58. The third-order valence-electron chi connectivity index (χ3n) is 18.3. The quantitative estimate of drug-likeness (QED) is 0.0777. The summed E-state index contributed by atoms with van der Waals surface area (Å²) in [6.07, 6.45) is 10.8. The first kappa shape index (κ1) is 53.9. The first-order chi connectivity index (χ1) is 37.2. The molecule has 0 bridgehead atoms. The van der Waals surface area contributed by atoms with Crippen molar-refractivity contribution in [1.82, 2.24) is 0 Å². The largest absolute Gasteiger partial charge is 0.245 e. The van der Waals surface area contributed by atoms with Gasteiger partial charge in [0.2, 0.25) is 6.34 Å². The highest BCUT2D eigenvalue weighted by molar-refractivity contribution is 5.96. The van der Waals surface area contributed by atoms with E-state index in [9.17, 15) is 0 Å². The summed E-state index contributed by atoms with van der Waals surface area (Å²) in [6, 6.07) is 54.3. The van der Waals surface area contributed by atoms with Gasteiger partial charge in [-0.3, -0.25) is 0 Å². The van der Waals surface area contributed by atoms with E-state index in [1.54, 1.807) is 0 Å². The second-order valence-corrected chi connectivity index (χ2v) is 23.2. The molecule has 2 aliphatic rings. The van der Waals surface area contributed by atoms with Gasteiger partial charge in [0, 0.05) is 57.1 Å². The maximum atomic E-state index is 2.81. The summed E-state index contributed by atoms with van der Waals surface area (Å²) >= 11 is 0. The minimum absolute atomic E-state index is 0.0231. The maximum absolute atomic E-state index is 2.81. The predicted molar refractivity (Wildman–Crippen MR) is 331 cm³/mol. The van der Waals surface area contributed by atoms with Crippen LogP contribution in [0, 0.1) is 13.8 Å². The number of aryl methyl sites for hydroxylation is 10. The van der Waals surface area contributed by atoms with Gasteiger partial charge in [0.25, 0.3) is 0 Å². The Hall–Kier alpha value is -6.51. The molecule has 8 aromatic carbocycles. The number of hydrogen-bond donors (Lipinski definition) is 0. The summed E-state index contributed by atoms with van der Waals surface area (Å²) in [6.45, 7) is 33.1. The molecule has 0 spiro atoms. The van der Waals surface area contributed by atoms with E-state index in [2.05, 4.69) is 246 Å². The van der Waals surface area contributed by atoms with Crippen molar-refractivity contribution >= 4 is 28.5 Å². The highest BCUT2D eigenvalue weighted by atomic mass is 15.3. The molecule has 0 saturated carbocycles. The number of fused-ring (bicyclic) bond motifs is 3. The number of nitrogens with zero attached hydrogens (tertiary/aromatic N) is 2. The molecule has 77 heavy (non-hydrogen) atoms. The molecule has 1 heterocycles. The molecule has 0 saturated heterocycles. The van der Waals surface area contributed by atoms with E-state index in [4.69, 9.17) is 0 Å². The van der Waals surface area contributed by atoms with Crippen molar-refractivity contribution in [2.75, 3.05) is 4.90 Å². The lowest BCUT2D eigenvalue weighted by Gasteiger charge is -2.29. The van der Waals surface area contributed by atoms with Gasteiger partial charge in [-0.1, -0.05) is 228 Å². The van der Waals surface area contributed by atoms with Crippen LogP contribution in [0.2, 0.25) is 0 Å². The topological polar surface area (TPSA) is 6.25 Å². The summed E-state index contributed by atoms with van der Waals surface area (Å²) in [5, 5.41) is 2.74. The number of anilines is 1. The van der Waals surface area contributed by atoms with E-state index in [0.717, 1.165) is 51.4 Å². The van der Waals surface area contributed by atoms with Crippen molar-refractivity contribution in [3.05, 3.63) is 245 Å². The second kappa shape index (κ2) is 22.5. The molecule has 0 fully saturated rings. The molecule has 0 N–H and O–H groups in total. The SMILES string of the molecule is CCc1cc(CC)cc([C@@H](C)c2cc(C)cc([C@H](C)c3cc(CC)cc(CC)c3)c2N2C=[N+](c3c([C@H](C)c4cc(CC)cc(CC)c4)cc(C)cc3[C@H](C)c3cc(CC)cc(CC)c3)C3c4cccc5cccc(c45)C32)c1. The third kappa shape index (κ3) is 10.0. The van der Waals surface area contributed by atoms with E-state index < -0.39 is 0 Å². The van der Waals surface area contributed by atoms with Crippen molar-refractivity contribution in [3.63, 3.8) is 0 Å². The fraction of sp³-hybridized carbons (Fsp3) is 0.373. The maximum Gasteiger partial charge on any atom is 0.245 e. The number of rotatable bonds is 18. The second-order valence-electron chi connectivity index (χ2n) is 23.2. The minimum Gasteiger partial charge on any atom is -0.221 e. The Kier molecular flexibility index (Phi) is 15.7. The van der Waals surface area contributed by atoms with Gasteiger partial charge in [-0.2, -0.15) is 0 Å². The van der Waals surface area contributed by atoms with Gasteiger partial charge in [0.05, 0.1) is 0 Å². The van der Waals surface area contributed by atoms with Crippen LogP contribution in [0.1, 0.15) is 230 Å². The van der Waals surface area contributed by atoms with Gasteiger partial charge in [0.1, 0.15) is 11.4 Å². The zero-order chi connectivity index (χ0) is 54.4. The van der Waals surface area contributed by atoms with Crippen molar-refractivity contribution < 1.29 is 4.58 Å². The summed E-state index contributed by atoms with van der Waals surface area (Å²) in [5.41, 5.74) is 30.8. The molecule has 1 aliphatic heterocycles. The molecule has 1 aliphatic carbocycles. The lowest BCUT2D eigenvalue weighted by molar-refractivity contribution is -0.481. The Balaban J connectivity index is 1.32. The van der Waals surface area contributed by atoms with Crippen molar-refractivity contribution in [2.24, 2.45) is 0 Å². The van der Waals surface area contributed by atoms with E-state index in [-0.39, 0.29) is 35.8 Å². The Morgan fingerprint density at radius 2 is 0.701 bits per heavy atom. The molecule has 6 atom stereocenters. The smallest absolute Gasteiger partial charge is 0.221 e. The molecule has 2 nitrogen and oxygen atoms in total. The summed E-state index contributed by atoms with van der Waals surface area (Å²) in [5.74, 6) is 0.571. The van der Waals surface area contributed by atoms with Crippen LogP contribution in [-0.2, 0) is 51.4 Å². The fourth-order valence-electron chi connectivity index (χ4n) is 13.6. The minimum atomic E-state index is 0.0231. The van der Waals surface area contributed by atoms with Crippen molar-refractivity contribution in [1.29, 1.82) is 0 Å². The average molecular weight is 1020 g/mol. The van der Waals surface area contributed by atoms with Crippen LogP contribution in [0.25, 0.3) is 10.8 Å². The molecule has 0 radical (unpaired) electrons. The van der Waals surface area contributed by atoms with Gasteiger partial charge in [-0.25, -0.2) is 9.48 Å². The lowest BCUT2D eigenvalue weighted by atomic mass is 9.81. The van der Waals surface area contributed by atoms with Crippen molar-refractivity contribution in [3.8, 4) is 0 Å². The first-order valence-electron chi connectivity index (χ1n) is 30.0. The zero-order valence-electron chi connectivity index (χ0n) is 49.3. The fourth-order valence-corrected chi connectivity index (χ4v) is 13.6. The normalized spacial score (nSPS) is 16.4. The lowest BCUT2D eigenvalue weighted by Crippen LogP contribution is -2.27. The summed E-state index contributed by atoms with van der Waals surface area (Å²) in [7, 11) is 0. The molecule has 8 aromatic rings. The molecule has 396 valence electrons. The number of benzene rings is 8. The monoisotopic (exact) mass is 1020 g/mol. The predicted octanol–water partition coefficient (Wildman–Crippen LogP) is 19.6. The molecule has 2 unspecified atom stereocenters. The zero-order valence-corrected chi connectivity index (χ0v) is 49.3. The Labute approximate surface area is 464 Å². The molecule has 10 rings (SSSR count). The first-order valence-corrected chi connectivity index (χ1v) is 30.0. The van der Waals surface area contributed by atoms with Crippen LogP contribution < -0.4 is 4.90 Å². The van der Waals surface area contributed by atoms with Gasteiger partial charge >= 0.3 is 0 Å². The third-order valence-corrected chi connectivity index (χ3v) is 18.3. The average Bonchev–Trinajstić information content (AvgIpc) is 4.14. The van der Waals surface area contributed by atoms with Gasteiger partial charge < -0.3 is 0 Å².